The standard InChI is InChI=1S/C72H124O25/c1-9-10-11-12-13-14-15-16-17-18-19-20-21-52(79)66(89)71-69(92)58(85)38-62(97-71)70(93)64(87)44(6)23-25-51(78)59-37-57(84)68(91)72(96-59)67(90)54(81)30-40(2)22-24-46(73)34-55(82)63(86)45(7)32-48(75)28-42(4)26-41(3)27-47(74)29-43(5)31-53(80)60-36-56(83)65(88)61(95-60)35-49(76)33-50(77)39-94-8/h9,12-17,20-21,26,30,42-43,45-93H,1,6,10-11,18-19,22-25,27-29,31-39H2,2-5,7-8H3/b13-12+,15-14+,17-16+,21-20+,40-30+,41-26+. The van der Waals surface area contributed by atoms with Crippen molar-refractivity contribution in [3.05, 3.63) is 96.7 Å². The van der Waals surface area contributed by atoms with Gasteiger partial charge < -0.3 is 126 Å². The summed E-state index contributed by atoms with van der Waals surface area (Å²) in [6.45, 7) is 16.4. The second kappa shape index (κ2) is 45.8. The maximum absolute atomic E-state index is 11.2. The molecular weight excluding hydrogens is 1260 g/mol. The van der Waals surface area contributed by atoms with Gasteiger partial charge in [-0.1, -0.05) is 105 Å². The number of methoxy groups -OCH3 is 1. The Morgan fingerprint density at radius 2 is 1.07 bits per heavy atom. The number of hydrogen-bond acceptors (Lipinski definition) is 25. The lowest BCUT2D eigenvalue weighted by Gasteiger charge is -2.42. The normalized spacial score (nSPS) is 30.6. The van der Waals surface area contributed by atoms with Gasteiger partial charge in [0.2, 0.25) is 0 Å². The minimum absolute atomic E-state index is 0.00540. The summed E-state index contributed by atoms with van der Waals surface area (Å²) in [6.07, 6.45) is -13.6. The molecule has 3 fully saturated rings. The first-order chi connectivity index (χ1) is 45.7. The van der Waals surface area contributed by atoms with Crippen LogP contribution in [0.5, 0.6) is 0 Å². The average Bonchev–Trinajstić information content (AvgIpc) is 0.827. The minimum atomic E-state index is -1.83. The Morgan fingerprint density at radius 1 is 0.515 bits per heavy atom. The quantitative estimate of drug-likeness (QED) is 0.0226. The van der Waals surface area contributed by atoms with Crippen LogP contribution in [-0.4, -0.2) is 286 Å². The highest BCUT2D eigenvalue weighted by Crippen LogP contribution is 2.34. The van der Waals surface area contributed by atoms with Crippen LogP contribution < -0.4 is 0 Å². The van der Waals surface area contributed by atoms with Crippen molar-refractivity contribution in [2.45, 2.75) is 321 Å². The maximum atomic E-state index is 11.2. The lowest BCUT2D eigenvalue weighted by atomic mass is 9.86. The molecule has 0 aromatic heterocycles. The van der Waals surface area contributed by atoms with E-state index in [-0.39, 0.29) is 101 Å². The van der Waals surface area contributed by atoms with Crippen molar-refractivity contribution in [2.75, 3.05) is 13.7 Å². The zero-order chi connectivity index (χ0) is 72.8. The SMILES string of the molecule is C=CCC/C=C/C=C/C=C/CC/C=C/C(O)C(O)C1OC(C(O)C(O)C(=C)CCC(O)C2CC(O)C(O)C(C(O)C(O)/C=C(\C)CCC(O)CC(O)C(O)C(C)CC(O)CC(C)/C=C(\C)CC(O)CC(C)CC(O)C3CC(O)C(O)C(CC(O)CC(O)COC)O3)O2)CC(O)C1O. The second-order valence-corrected chi connectivity index (χ2v) is 28.0. The van der Waals surface area contributed by atoms with Gasteiger partial charge in [-0.2, -0.15) is 0 Å². The topological polar surface area (TPSA) is 462 Å². The molecule has 25 heteroatoms. The number of aliphatic hydroxyl groups excluding tert-OH is 21. The smallest absolute Gasteiger partial charge is 0.115 e. The van der Waals surface area contributed by atoms with E-state index in [1.807, 2.05) is 69.4 Å². The Morgan fingerprint density at radius 3 is 1.68 bits per heavy atom. The Labute approximate surface area is 573 Å². The van der Waals surface area contributed by atoms with Crippen LogP contribution in [0.15, 0.2) is 96.7 Å². The summed E-state index contributed by atoms with van der Waals surface area (Å²) < 4.78 is 22.5. The van der Waals surface area contributed by atoms with Crippen LogP contribution in [0.3, 0.4) is 0 Å². The molecule has 0 aromatic carbocycles. The van der Waals surface area contributed by atoms with E-state index < -0.39 is 171 Å². The summed E-state index contributed by atoms with van der Waals surface area (Å²) >= 11 is 0. The van der Waals surface area contributed by atoms with Gasteiger partial charge in [0.25, 0.3) is 0 Å². The molecule has 30 atom stereocenters. The van der Waals surface area contributed by atoms with Crippen molar-refractivity contribution in [3.63, 3.8) is 0 Å². The predicted molar refractivity (Wildman–Crippen MR) is 363 cm³/mol. The molecule has 21 N–H and O–H groups in total. The molecule has 25 nitrogen and oxygen atoms in total. The van der Waals surface area contributed by atoms with E-state index in [2.05, 4.69) is 13.2 Å². The van der Waals surface area contributed by atoms with Crippen LogP contribution in [0, 0.1) is 17.8 Å². The van der Waals surface area contributed by atoms with Crippen LogP contribution in [-0.2, 0) is 18.9 Å². The van der Waals surface area contributed by atoms with Crippen LogP contribution in [0.1, 0.15) is 157 Å². The summed E-state index contributed by atoms with van der Waals surface area (Å²) in [5.41, 5.74) is 1.36. The lowest BCUT2D eigenvalue weighted by molar-refractivity contribution is -0.234. The number of ether oxygens (including phenoxy) is 4. The first-order valence-electron chi connectivity index (χ1n) is 34.7. The van der Waals surface area contributed by atoms with Crippen LogP contribution in [0.2, 0.25) is 0 Å². The van der Waals surface area contributed by atoms with Gasteiger partial charge in [0.1, 0.15) is 67.1 Å². The first kappa shape index (κ1) is 88.1. The molecule has 3 aliphatic rings. The molecule has 0 spiro atoms. The van der Waals surface area contributed by atoms with Crippen LogP contribution >= 0.6 is 0 Å². The average molecular weight is 1390 g/mol. The summed E-state index contributed by atoms with van der Waals surface area (Å²) in [4.78, 5) is 0. The van der Waals surface area contributed by atoms with Crippen LogP contribution in [0.25, 0.3) is 0 Å². The highest BCUT2D eigenvalue weighted by atomic mass is 16.6. The van der Waals surface area contributed by atoms with Crippen molar-refractivity contribution in [1.82, 2.24) is 0 Å². The van der Waals surface area contributed by atoms with Gasteiger partial charge in [0.05, 0.1) is 104 Å². The molecule has 0 amide bonds. The number of rotatable bonds is 46. The molecule has 0 bridgehead atoms. The fourth-order valence-corrected chi connectivity index (χ4v) is 13.1. The van der Waals surface area contributed by atoms with Gasteiger partial charge in [-0.15, -0.1) is 6.58 Å². The molecule has 3 rings (SSSR count). The molecule has 3 saturated heterocycles. The van der Waals surface area contributed by atoms with Crippen LogP contribution in [0.4, 0.5) is 0 Å². The van der Waals surface area contributed by atoms with Crippen molar-refractivity contribution in [1.29, 1.82) is 0 Å². The summed E-state index contributed by atoms with van der Waals surface area (Å²) in [7, 11) is 1.42. The molecule has 3 aliphatic heterocycles. The molecular formula is C72H124O25. The highest BCUT2D eigenvalue weighted by Gasteiger charge is 2.48. The Kier molecular flexibility index (Phi) is 41.6. The van der Waals surface area contributed by atoms with E-state index >= 15 is 0 Å². The molecule has 0 radical (unpaired) electrons. The first-order valence-corrected chi connectivity index (χ1v) is 34.7. The Balaban J connectivity index is 1.42. The van der Waals surface area contributed by atoms with E-state index in [0.29, 0.717) is 37.7 Å². The lowest BCUT2D eigenvalue weighted by Crippen LogP contribution is -2.59. The van der Waals surface area contributed by atoms with Gasteiger partial charge in [0, 0.05) is 45.6 Å². The summed E-state index contributed by atoms with van der Waals surface area (Å²) in [5, 5.41) is 228. The van der Waals surface area contributed by atoms with E-state index in [4.69, 9.17) is 18.9 Å². The van der Waals surface area contributed by atoms with Crippen molar-refractivity contribution in [3.8, 4) is 0 Å². The third kappa shape index (κ3) is 31.6. The molecule has 3 heterocycles. The third-order valence-electron chi connectivity index (χ3n) is 18.7. The van der Waals surface area contributed by atoms with Crippen molar-refractivity contribution < 1.29 is 126 Å². The number of allylic oxidation sites excluding steroid dienone is 10. The van der Waals surface area contributed by atoms with Gasteiger partial charge in [-0.05, 0) is 121 Å². The second-order valence-electron chi connectivity index (χ2n) is 28.0. The number of hydrogen-bond donors (Lipinski definition) is 21. The minimum Gasteiger partial charge on any atom is -0.393 e. The van der Waals surface area contributed by atoms with E-state index in [1.54, 1.807) is 19.9 Å². The summed E-state index contributed by atoms with van der Waals surface area (Å²) in [5.74, 6) is -0.884. The molecule has 0 aromatic rings. The fourth-order valence-electron chi connectivity index (χ4n) is 13.1. The van der Waals surface area contributed by atoms with Gasteiger partial charge in [-0.25, -0.2) is 0 Å². The van der Waals surface area contributed by atoms with E-state index in [9.17, 15) is 107 Å². The van der Waals surface area contributed by atoms with Gasteiger partial charge >= 0.3 is 0 Å². The summed E-state index contributed by atoms with van der Waals surface area (Å²) in [6, 6.07) is 0. The van der Waals surface area contributed by atoms with Gasteiger partial charge in [0.15, 0.2) is 0 Å². The Bertz CT molecular complexity index is 2370. The van der Waals surface area contributed by atoms with E-state index in [1.165, 1.54) is 19.3 Å². The highest BCUT2D eigenvalue weighted by molar-refractivity contribution is 5.13. The Hall–Kier alpha value is -3.08. The number of unbranched alkanes of at least 4 members (excludes halogenated alkanes) is 2. The monoisotopic (exact) mass is 1390 g/mol. The zero-order valence-corrected chi connectivity index (χ0v) is 57.8. The molecule has 0 saturated carbocycles. The maximum Gasteiger partial charge on any atom is 0.115 e. The van der Waals surface area contributed by atoms with Crippen molar-refractivity contribution in [2.24, 2.45) is 17.8 Å². The molecule has 0 aliphatic carbocycles. The molecule has 97 heavy (non-hydrogen) atoms. The predicted octanol–water partition coefficient (Wildman–Crippen LogP) is 0.694. The fraction of sp³-hybridized carbons (Fsp3) is 0.778. The van der Waals surface area contributed by atoms with Crippen molar-refractivity contribution >= 4 is 0 Å². The molecule has 562 valence electrons. The zero-order valence-electron chi connectivity index (χ0n) is 57.8. The number of aliphatic hydroxyl groups is 21. The molecule has 30 unspecified atom stereocenters. The third-order valence-corrected chi connectivity index (χ3v) is 18.7. The van der Waals surface area contributed by atoms with Gasteiger partial charge in [-0.3, -0.25) is 0 Å². The largest absolute Gasteiger partial charge is 0.393 e. The van der Waals surface area contributed by atoms with E-state index in [0.717, 1.165) is 18.4 Å².